The predicted molar refractivity (Wildman–Crippen MR) is 87.1 cm³/mol. The minimum absolute atomic E-state index is 0.976. The van der Waals surface area contributed by atoms with Crippen LogP contribution in [-0.2, 0) is 26.3 Å². The molecule has 118 valence electrons. The molecule has 0 saturated heterocycles. The molecule has 0 saturated carbocycles. The van der Waals surface area contributed by atoms with Crippen LogP contribution in [0.15, 0.2) is 18.7 Å². The Bertz CT molecular complexity index is 621. The maximum atomic E-state index is 4.53. The molecule has 3 heterocycles. The van der Waals surface area contributed by atoms with E-state index in [1.54, 1.807) is 6.33 Å². The molecule has 0 aliphatic carbocycles. The van der Waals surface area contributed by atoms with Gasteiger partial charge in [0.25, 0.3) is 0 Å². The van der Waals surface area contributed by atoms with Crippen molar-refractivity contribution in [3.05, 3.63) is 35.8 Å². The number of nitrogens with zero attached hydrogens (tertiary/aromatic N) is 5. The first-order chi connectivity index (χ1) is 10.8. The molecular weight excluding hydrogens is 276 g/mol. The summed E-state index contributed by atoms with van der Waals surface area (Å²) in [6.45, 7) is 2.99. The molecule has 0 spiro atoms. The molecular formula is C16H24N6. The number of imidazole rings is 1. The van der Waals surface area contributed by atoms with E-state index in [9.17, 15) is 0 Å². The Morgan fingerprint density at radius 1 is 1.23 bits per heavy atom. The zero-order valence-electron chi connectivity index (χ0n) is 13.4. The topological polar surface area (TPSA) is 58.9 Å². The Labute approximate surface area is 131 Å². The van der Waals surface area contributed by atoms with Crippen LogP contribution in [0, 0.1) is 0 Å². The quantitative estimate of drug-likeness (QED) is 0.891. The van der Waals surface area contributed by atoms with Crippen LogP contribution in [0.4, 0.5) is 5.82 Å². The zero-order valence-corrected chi connectivity index (χ0v) is 13.4. The van der Waals surface area contributed by atoms with E-state index in [1.807, 2.05) is 19.4 Å². The summed E-state index contributed by atoms with van der Waals surface area (Å²) < 4.78 is 2.09. The summed E-state index contributed by atoms with van der Waals surface area (Å²) in [6.07, 6.45) is 9.61. The SMILES string of the molecule is CN(CCCc1nccn1C)c1ncnc2c1CCNCC2. The first-order valence-corrected chi connectivity index (χ1v) is 7.96. The highest BCUT2D eigenvalue weighted by atomic mass is 15.2. The fourth-order valence-electron chi connectivity index (χ4n) is 3.00. The molecule has 6 heteroatoms. The number of anilines is 1. The van der Waals surface area contributed by atoms with Gasteiger partial charge < -0.3 is 14.8 Å². The van der Waals surface area contributed by atoms with E-state index in [2.05, 4.69) is 36.8 Å². The Morgan fingerprint density at radius 2 is 2.09 bits per heavy atom. The Kier molecular flexibility index (Phi) is 4.68. The Morgan fingerprint density at radius 3 is 2.91 bits per heavy atom. The molecule has 3 rings (SSSR count). The van der Waals surface area contributed by atoms with Crippen LogP contribution in [0.1, 0.15) is 23.5 Å². The predicted octanol–water partition coefficient (Wildman–Crippen LogP) is 0.967. The maximum absolute atomic E-state index is 4.53. The normalized spacial score (nSPS) is 14.5. The molecule has 6 nitrogen and oxygen atoms in total. The summed E-state index contributed by atoms with van der Waals surface area (Å²) in [4.78, 5) is 15.6. The first-order valence-electron chi connectivity index (χ1n) is 7.96. The van der Waals surface area contributed by atoms with Gasteiger partial charge in [0.05, 0.1) is 5.69 Å². The molecule has 0 unspecified atom stereocenters. The van der Waals surface area contributed by atoms with Gasteiger partial charge in [-0.2, -0.15) is 0 Å². The van der Waals surface area contributed by atoms with Crippen molar-refractivity contribution < 1.29 is 0 Å². The molecule has 0 radical (unpaired) electrons. The third kappa shape index (κ3) is 3.27. The highest BCUT2D eigenvalue weighted by Crippen LogP contribution is 2.21. The molecule has 1 N–H and O–H groups in total. The Balaban J connectivity index is 1.65. The van der Waals surface area contributed by atoms with Crippen LogP contribution in [0.25, 0.3) is 0 Å². The summed E-state index contributed by atoms with van der Waals surface area (Å²) in [5, 5.41) is 3.43. The second kappa shape index (κ2) is 6.87. The second-order valence-electron chi connectivity index (χ2n) is 5.85. The van der Waals surface area contributed by atoms with Gasteiger partial charge in [-0.15, -0.1) is 0 Å². The average molecular weight is 300 g/mol. The molecule has 0 aromatic carbocycles. The van der Waals surface area contributed by atoms with Crippen molar-refractivity contribution in [3.63, 3.8) is 0 Å². The van der Waals surface area contributed by atoms with E-state index >= 15 is 0 Å². The van der Waals surface area contributed by atoms with E-state index in [-0.39, 0.29) is 0 Å². The van der Waals surface area contributed by atoms with Crippen LogP contribution in [0.5, 0.6) is 0 Å². The summed E-state index contributed by atoms with van der Waals surface area (Å²) in [5.41, 5.74) is 2.51. The lowest BCUT2D eigenvalue weighted by Crippen LogP contribution is -2.23. The second-order valence-corrected chi connectivity index (χ2v) is 5.85. The van der Waals surface area contributed by atoms with Crippen LogP contribution in [-0.4, -0.2) is 46.2 Å². The fraction of sp³-hybridized carbons (Fsp3) is 0.562. The molecule has 0 fully saturated rings. The lowest BCUT2D eigenvalue weighted by atomic mass is 10.1. The van der Waals surface area contributed by atoms with Gasteiger partial charge in [-0.1, -0.05) is 0 Å². The first kappa shape index (κ1) is 15.0. The molecule has 2 aromatic heterocycles. The van der Waals surface area contributed by atoms with Crippen molar-refractivity contribution in [1.29, 1.82) is 0 Å². The number of aryl methyl sites for hydroxylation is 2. The lowest BCUT2D eigenvalue weighted by Gasteiger charge is -2.21. The number of rotatable bonds is 5. The largest absolute Gasteiger partial charge is 0.359 e. The summed E-state index contributed by atoms with van der Waals surface area (Å²) in [7, 11) is 4.17. The minimum atomic E-state index is 0.976. The van der Waals surface area contributed by atoms with E-state index in [0.29, 0.717) is 0 Å². The van der Waals surface area contributed by atoms with E-state index in [4.69, 9.17) is 0 Å². The maximum Gasteiger partial charge on any atom is 0.135 e. The van der Waals surface area contributed by atoms with Crippen LogP contribution in [0.3, 0.4) is 0 Å². The molecule has 22 heavy (non-hydrogen) atoms. The van der Waals surface area contributed by atoms with Gasteiger partial charge in [-0.25, -0.2) is 15.0 Å². The number of hydrogen-bond acceptors (Lipinski definition) is 5. The van der Waals surface area contributed by atoms with E-state index < -0.39 is 0 Å². The molecule has 1 aliphatic rings. The lowest BCUT2D eigenvalue weighted by molar-refractivity contribution is 0.702. The van der Waals surface area contributed by atoms with Gasteiger partial charge >= 0.3 is 0 Å². The number of fused-ring (bicyclic) bond motifs is 1. The fourth-order valence-corrected chi connectivity index (χ4v) is 3.00. The van der Waals surface area contributed by atoms with Gasteiger partial charge in [0, 0.05) is 58.0 Å². The van der Waals surface area contributed by atoms with Crippen molar-refractivity contribution in [2.75, 3.05) is 31.6 Å². The highest BCUT2D eigenvalue weighted by Gasteiger charge is 2.16. The summed E-state index contributed by atoms with van der Waals surface area (Å²) in [5.74, 6) is 2.23. The van der Waals surface area contributed by atoms with Crippen LogP contribution in [0.2, 0.25) is 0 Å². The molecule has 2 aromatic rings. The standard InChI is InChI=1S/C16H24N6/c1-21-11-9-18-15(21)4-3-10-22(2)16-13-5-7-17-8-6-14(13)19-12-20-16/h9,11-12,17H,3-8,10H2,1-2H3. The van der Waals surface area contributed by atoms with Gasteiger partial charge in [0.1, 0.15) is 18.0 Å². The minimum Gasteiger partial charge on any atom is -0.359 e. The molecule has 1 aliphatic heterocycles. The summed E-state index contributed by atoms with van der Waals surface area (Å²) >= 11 is 0. The van der Waals surface area contributed by atoms with E-state index in [0.717, 1.165) is 57.0 Å². The summed E-state index contributed by atoms with van der Waals surface area (Å²) in [6, 6.07) is 0. The highest BCUT2D eigenvalue weighted by molar-refractivity contribution is 5.48. The third-order valence-electron chi connectivity index (χ3n) is 4.28. The van der Waals surface area contributed by atoms with Crippen molar-refractivity contribution in [2.45, 2.75) is 25.7 Å². The monoisotopic (exact) mass is 300 g/mol. The third-order valence-corrected chi connectivity index (χ3v) is 4.28. The molecule has 0 atom stereocenters. The van der Waals surface area contributed by atoms with Gasteiger partial charge in [-0.3, -0.25) is 0 Å². The Hall–Kier alpha value is -1.95. The molecule has 0 amide bonds. The van der Waals surface area contributed by atoms with Gasteiger partial charge in [0.15, 0.2) is 0 Å². The zero-order chi connectivity index (χ0) is 15.4. The van der Waals surface area contributed by atoms with Crippen molar-refractivity contribution in [2.24, 2.45) is 7.05 Å². The number of aromatic nitrogens is 4. The van der Waals surface area contributed by atoms with Crippen molar-refractivity contribution in [3.8, 4) is 0 Å². The van der Waals surface area contributed by atoms with E-state index in [1.165, 1.54) is 11.3 Å². The van der Waals surface area contributed by atoms with Gasteiger partial charge in [-0.05, 0) is 19.4 Å². The average Bonchev–Trinajstić information content (AvgIpc) is 2.79. The smallest absolute Gasteiger partial charge is 0.135 e. The van der Waals surface area contributed by atoms with Crippen LogP contribution < -0.4 is 10.2 Å². The van der Waals surface area contributed by atoms with Gasteiger partial charge in [0.2, 0.25) is 0 Å². The van der Waals surface area contributed by atoms with Crippen molar-refractivity contribution >= 4 is 5.82 Å². The number of hydrogen-bond donors (Lipinski definition) is 1. The van der Waals surface area contributed by atoms with Crippen molar-refractivity contribution in [1.82, 2.24) is 24.8 Å². The molecule has 0 bridgehead atoms. The van der Waals surface area contributed by atoms with Crippen LogP contribution >= 0.6 is 0 Å². The number of nitrogens with one attached hydrogen (secondary N) is 1.